The second kappa shape index (κ2) is 6.41. The summed E-state index contributed by atoms with van der Waals surface area (Å²) < 4.78 is 5.92. The normalized spacial score (nSPS) is 28.3. The molecule has 0 amide bonds. The molecule has 1 rings (SSSR count). The van der Waals surface area contributed by atoms with Crippen LogP contribution in [0.2, 0.25) is 0 Å². The average Bonchev–Trinajstić information content (AvgIpc) is 2.19. The van der Waals surface area contributed by atoms with Crippen molar-refractivity contribution in [3.05, 3.63) is 0 Å². The molecule has 2 N–H and O–H groups in total. The molecule has 84 valence electrons. The maximum atomic E-state index is 5.92. The summed E-state index contributed by atoms with van der Waals surface area (Å²) in [7, 11) is 0. The van der Waals surface area contributed by atoms with Crippen LogP contribution in [0, 0.1) is 5.92 Å². The van der Waals surface area contributed by atoms with Gasteiger partial charge in [-0.1, -0.05) is 26.7 Å². The van der Waals surface area contributed by atoms with E-state index in [0.717, 1.165) is 18.9 Å². The number of ether oxygens (including phenoxy) is 1. The lowest BCUT2D eigenvalue weighted by Gasteiger charge is -2.28. The van der Waals surface area contributed by atoms with Gasteiger partial charge in [-0.3, -0.25) is 0 Å². The highest BCUT2D eigenvalue weighted by Gasteiger charge is 2.20. The molecule has 2 heteroatoms. The molecule has 0 aromatic heterocycles. The largest absolute Gasteiger partial charge is 0.378 e. The van der Waals surface area contributed by atoms with Gasteiger partial charge in [-0.25, -0.2) is 0 Å². The first kappa shape index (κ1) is 12.0. The van der Waals surface area contributed by atoms with E-state index >= 15 is 0 Å². The minimum absolute atomic E-state index is 0.385. The Hall–Kier alpha value is -0.0800. The number of rotatable bonds is 5. The third-order valence-electron chi connectivity index (χ3n) is 3.39. The average molecular weight is 199 g/mol. The van der Waals surface area contributed by atoms with Gasteiger partial charge in [-0.2, -0.15) is 0 Å². The Morgan fingerprint density at radius 3 is 2.57 bits per heavy atom. The first-order valence-corrected chi connectivity index (χ1v) is 6.13. The molecule has 0 heterocycles. The van der Waals surface area contributed by atoms with Crippen molar-refractivity contribution in [3.8, 4) is 0 Å². The highest BCUT2D eigenvalue weighted by atomic mass is 16.5. The van der Waals surface area contributed by atoms with Crippen molar-refractivity contribution >= 4 is 0 Å². The fraction of sp³-hybridized carbons (Fsp3) is 1.00. The molecule has 1 saturated carbocycles. The zero-order chi connectivity index (χ0) is 10.4. The van der Waals surface area contributed by atoms with E-state index in [1.807, 2.05) is 0 Å². The van der Waals surface area contributed by atoms with Crippen molar-refractivity contribution in [1.29, 1.82) is 0 Å². The monoisotopic (exact) mass is 199 g/mol. The molecule has 2 unspecified atom stereocenters. The van der Waals surface area contributed by atoms with Gasteiger partial charge in [-0.05, 0) is 31.6 Å². The Morgan fingerprint density at radius 2 is 2.00 bits per heavy atom. The molecule has 0 saturated heterocycles. The van der Waals surface area contributed by atoms with Gasteiger partial charge in [0, 0.05) is 12.6 Å². The summed E-state index contributed by atoms with van der Waals surface area (Å²) in [6, 6.07) is 0.385. The molecule has 0 aromatic rings. The summed E-state index contributed by atoms with van der Waals surface area (Å²) in [6.45, 7) is 5.42. The van der Waals surface area contributed by atoms with Crippen LogP contribution in [-0.2, 0) is 4.74 Å². The summed E-state index contributed by atoms with van der Waals surface area (Å²) >= 11 is 0. The fourth-order valence-electron chi connectivity index (χ4n) is 2.13. The van der Waals surface area contributed by atoms with Gasteiger partial charge in [0.2, 0.25) is 0 Å². The Labute approximate surface area is 88.2 Å². The third kappa shape index (κ3) is 3.97. The summed E-state index contributed by atoms with van der Waals surface area (Å²) in [6.07, 6.45) is 7.62. The Bertz CT molecular complexity index is 145. The van der Waals surface area contributed by atoms with Gasteiger partial charge in [0.1, 0.15) is 0 Å². The van der Waals surface area contributed by atoms with Crippen LogP contribution in [-0.4, -0.2) is 18.8 Å². The van der Waals surface area contributed by atoms with Crippen molar-refractivity contribution in [1.82, 2.24) is 0 Å². The lowest BCUT2D eigenvalue weighted by atomic mass is 9.93. The minimum Gasteiger partial charge on any atom is -0.378 e. The molecular formula is C12H25NO. The molecular weight excluding hydrogens is 174 g/mol. The van der Waals surface area contributed by atoms with Crippen LogP contribution < -0.4 is 5.73 Å². The van der Waals surface area contributed by atoms with Gasteiger partial charge in [0.15, 0.2) is 0 Å². The first-order valence-electron chi connectivity index (χ1n) is 6.13. The summed E-state index contributed by atoms with van der Waals surface area (Å²) in [4.78, 5) is 0. The molecule has 14 heavy (non-hydrogen) atoms. The minimum atomic E-state index is 0.385. The smallest absolute Gasteiger partial charge is 0.0590 e. The van der Waals surface area contributed by atoms with E-state index < -0.39 is 0 Å². The molecule has 1 fully saturated rings. The molecule has 0 bridgehead atoms. The molecule has 0 radical (unpaired) electrons. The predicted octanol–water partition coefficient (Wildman–Crippen LogP) is 2.71. The summed E-state index contributed by atoms with van der Waals surface area (Å²) in [5.41, 5.74) is 5.92. The van der Waals surface area contributed by atoms with Crippen LogP contribution in [0.25, 0.3) is 0 Å². The fourth-order valence-corrected chi connectivity index (χ4v) is 2.13. The molecule has 0 spiro atoms. The van der Waals surface area contributed by atoms with Gasteiger partial charge in [0.05, 0.1) is 6.10 Å². The van der Waals surface area contributed by atoms with E-state index in [-0.39, 0.29) is 0 Å². The molecule has 0 aromatic carbocycles. The zero-order valence-corrected chi connectivity index (χ0v) is 9.67. The molecule has 2 nitrogen and oxygen atoms in total. The maximum absolute atomic E-state index is 5.92. The zero-order valence-electron chi connectivity index (χ0n) is 9.67. The van der Waals surface area contributed by atoms with Gasteiger partial charge < -0.3 is 10.5 Å². The van der Waals surface area contributed by atoms with Crippen molar-refractivity contribution in [2.24, 2.45) is 11.7 Å². The number of nitrogens with two attached hydrogens (primary N) is 1. The molecule has 0 aliphatic heterocycles. The van der Waals surface area contributed by atoms with E-state index in [9.17, 15) is 0 Å². The van der Waals surface area contributed by atoms with Crippen LogP contribution >= 0.6 is 0 Å². The summed E-state index contributed by atoms with van der Waals surface area (Å²) in [5, 5.41) is 0. The Kier molecular flexibility index (Phi) is 5.49. The van der Waals surface area contributed by atoms with Gasteiger partial charge >= 0.3 is 0 Å². The maximum Gasteiger partial charge on any atom is 0.0590 e. The number of hydrogen-bond acceptors (Lipinski definition) is 2. The standard InChI is InChI=1S/C12H25NO/c1-3-10(4-2)9-14-12-7-5-6-11(13)8-12/h10-12H,3-9,13H2,1-2H3. The highest BCUT2D eigenvalue weighted by molar-refractivity contribution is 4.75. The van der Waals surface area contributed by atoms with Crippen molar-refractivity contribution in [2.75, 3.05) is 6.61 Å². The Morgan fingerprint density at radius 1 is 1.29 bits per heavy atom. The Balaban J connectivity index is 2.16. The van der Waals surface area contributed by atoms with E-state index in [1.54, 1.807) is 0 Å². The van der Waals surface area contributed by atoms with E-state index in [0.29, 0.717) is 12.1 Å². The predicted molar refractivity (Wildman–Crippen MR) is 60.3 cm³/mol. The number of hydrogen-bond donors (Lipinski definition) is 1. The van der Waals surface area contributed by atoms with E-state index in [1.165, 1.54) is 32.1 Å². The van der Waals surface area contributed by atoms with E-state index in [4.69, 9.17) is 10.5 Å². The van der Waals surface area contributed by atoms with Crippen LogP contribution in [0.5, 0.6) is 0 Å². The lowest BCUT2D eigenvalue weighted by molar-refractivity contribution is 0.00243. The highest BCUT2D eigenvalue weighted by Crippen LogP contribution is 2.21. The van der Waals surface area contributed by atoms with Gasteiger partial charge in [0.25, 0.3) is 0 Å². The molecule has 1 aliphatic rings. The second-order valence-corrected chi connectivity index (χ2v) is 4.56. The van der Waals surface area contributed by atoms with Crippen LogP contribution in [0.3, 0.4) is 0 Å². The topological polar surface area (TPSA) is 35.2 Å². The van der Waals surface area contributed by atoms with Crippen LogP contribution in [0.4, 0.5) is 0 Å². The summed E-state index contributed by atoms with van der Waals surface area (Å²) in [5.74, 6) is 0.744. The SMILES string of the molecule is CCC(CC)COC1CCCC(N)C1. The first-order chi connectivity index (χ1) is 6.76. The van der Waals surface area contributed by atoms with Crippen LogP contribution in [0.1, 0.15) is 52.4 Å². The van der Waals surface area contributed by atoms with Crippen molar-refractivity contribution in [2.45, 2.75) is 64.5 Å². The quantitative estimate of drug-likeness (QED) is 0.739. The second-order valence-electron chi connectivity index (χ2n) is 4.56. The van der Waals surface area contributed by atoms with Crippen molar-refractivity contribution in [3.63, 3.8) is 0 Å². The van der Waals surface area contributed by atoms with E-state index in [2.05, 4.69) is 13.8 Å². The van der Waals surface area contributed by atoms with Crippen LogP contribution in [0.15, 0.2) is 0 Å². The lowest BCUT2D eigenvalue weighted by Crippen LogP contribution is -2.33. The van der Waals surface area contributed by atoms with Crippen molar-refractivity contribution < 1.29 is 4.74 Å². The molecule has 2 atom stereocenters. The third-order valence-corrected chi connectivity index (χ3v) is 3.39. The molecule has 1 aliphatic carbocycles. The van der Waals surface area contributed by atoms with Gasteiger partial charge in [-0.15, -0.1) is 0 Å².